The molecular weight excluding hydrogens is 353 g/mol. The topological polar surface area (TPSA) is 62.2 Å². The summed E-state index contributed by atoms with van der Waals surface area (Å²) >= 11 is 2.98. The summed E-state index contributed by atoms with van der Waals surface area (Å²) in [7, 11) is 0. The van der Waals surface area contributed by atoms with Crippen LogP contribution in [-0.2, 0) is 11.0 Å². The van der Waals surface area contributed by atoms with Crippen LogP contribution in [0.3, 0.4) is 0 Å². The van der Waals surface area contributed by atoms with Crippen LogP contribution in [0, 0.1) is 5.92 Å². The zero-order chi connectivity index (χ0) is 15.6. The van der Waals surface area contributed by atoms with Gasteiger partial charge in [-0.05, 0) is 47.7 Å². The maximum absolute atomic E-state index is 13.0. The fraction of sp³-hybridized carbons (Fsp3) is 0.538. The Morgan fingerprint density at radius 2 is 1.95 bits per heavy atom. The lowest BCUT2D eigenvalue weighted by Crippen LogP contribution is -2.30. The fourth-order valence-corrected chi connectivity index (χ4v) is 2.78. The third-order valence-electron chi connectivity index (χ3n) is 3.58. The minimum Gasteiger partial charge on any atom is -0.481 e. The third-order valence-corrected chi connectivity index (χ3v) is 4.01. The number of carbonyl (C=O) groups is 1. The first kappa shape index (κ1) is 16.1. The molecule has 0 bridgehead atoms. The Hall–Kier alpha value is -1.31. The standard InChI is InChI=1S/C13H14BrF3N2O2/c14-8-5-10(13(15,16)17)11(18-6-8)19-9-3-1-7(2-4-9)12(20)21/h5-7,9H,1-4H2,(H,18,19)(H,20,21). The van der Waals surface area contributed by atoms with E-state index < -0.39 is 23.6 Å². The van der Waals surface area contributed by atoms with Gasteiger partial charge >= 0.3 is 12.1 Å². The molecule has 1 aromatic heterocycles. The van der Waals surface area contributed by atoms with Crippen LogP contribution < -0.4 is 5.32 Å². The molecule has 0 aromatic carbocycles. The molecule has 0 radical (unpaired) electrons. The molecule has 0 unspecified atom stereocenters. The quantitative estimate of drug-likeness (QED) is 0.850. The number of nitrogens with zero attached hydrogens (tertiary/aromatic N) is 1. The molecule has 116 valence electrons. The van der Waals surface area contributed by atoms with E-state index in [1.165, 1.54) is 6.20 Å². The number of carboxylic acid groups (broad SMARTS) is 1. The highest BCUT2D eigenvalue weighted by Gasteiger charge is 2.35. The predicted octanol–water partition coefficient (Wildman–Crippen LogP) is 3.92. The number of halogens is 4. The second-order valence-electron chi connectivity index (χ2n) is 5.08. The molecule has 0 amide bonds. The van der Waals surface area contributed by atoms with Gasteiger partial charge in [0.05, 0.1) is 11.5 Å². The number of aliphatic carboxylic acids is 1. The number of anilines is 1. The lowest BCUT2D eigenvalue weighted by molar-refractivity contribution is -0.142. The van der Waals surface area contributed by atoms with Crippen molar-refractivity contribution in [3.8, 4) is 0 Å². The number of aromatic nitrogens is 1. The normalized spacial score (nSPS) is 22.9. The summed E-state index contributed by atoms with van der Waals surface area (Å²) in [6.45, 7) is 0. The van der Waals surface area contributed by atoms with Crippen molar-refractivity contribution in [3.63, 3.8) is 0 Å². The van der Waals surface area contributed by atoms with E-state index in [2.05, 4.69) is 26.2 Å². The van der Waals surface area contributed by atoms with Gasteiger partial charge in [-0.3, -0.25) is 4.79 Å². The lowest BCUT2D eigenvalue weighted by atomic mass is 9.86. The Bertz CT molecular complexity index is 529. The van der Waals surface area contributed by atoms with Crippen molar-refractivity contribution in [1.82, 2.24) is 4.98 Å². The molecule has 1 aliphatic carbocycles. The summed E-state index contributed by atoms with van der Waals surface area (Å²) in [5, 5.41) is 11.7. The van der Waals surface area contributed by atoms with Gasteiger partial charge in [0.2, 0.25) is 0 Å². The van der Waals surface area contributed by atoms with Crippen molar-refractivity contribution in [1.29, 1.82) is 0 Å². The summed E-state index contributed by atoms with van der Waals surface area (Å²) in [5.74, 6) is -1.45. The van der Waals surface area contributed by atoms with Gasteiger partial charge in [0.15, 0.2) is 0 Å². The van der Waals surface area contributed by atoms with Gasteiger partial charge in [-0.25, -0.2) is 4.98 Å². The number of hydrogen-bond donors (Lipinski definition) is 2. The Morgan fingerprint density at radius 1 is 1.33 bits per heavy atom. The first-order valence-electron chi connectivity index (χ1n) is 6.49. The van der Waals surface area contributed by atoms with Crippen molar-refractivity contribution in [2.75, 3.05) is 5.32 Å². The van der Waals surface area contributed by atoms with Crippen LogP contribution >= 0.6 is 15.9 Å². The van der Waals surface area contributed by atoms with Gasteiger partial charge in [0.25, 0.3) is 0 Å². The van der Waals surface area contributed by atoms with E-state index in [9.17, 15) is 18.0 Å². The van der Waals surface area contributed by atoms with E-state index in [1.54, 1.807) is 0 Å². The molecule has 2 rings (SSSR count). The molecule has 8 heteroatoms. The lowest BCUT2D eigenvalue weighted by Gasteiger charge is -2.28. The van der Waals surface area contributed by atoms with Gasteiger partial charge in [-0.15, -0.1) is 0 Å². The summed E-state index contributed by atoms with van der Waals surface area (Å²) in [6.07, 6.45) is -1.22. The molecule has 21 heavy (non-hydrogen) atoms. The highest BCUT2D eigenvalue weighted by molar-refractivity contribution is 9.10. The van der Waals surface area contributed by atoms with Gasteiger partial charge in [0.1, 0.15) is 5.82 Å². The Balaban J connectivity index is 2.09. The zero-order valence-corrected chi connectivity index (χ0v) is 12.5. The van der Waals surface area contributed by atoms with Crippen molar-refractivity contribution in [3.05, 3.63) is 22.3 Å². The molecule has 1 aromatic rings. The van der Waals surface area contributed by atoms with Crippen LogP contribution in [0.15, 0.2) is 16.7 Å². The molecule has 1 aliphatic rings. The zero-order valence-electron chi connectivity index (χ0n) is 11.0. The number of hydrogen-bond acceptors (Lipinski definition) is 3. The number of carboxylic acids is 1. The molecule has 1 fully saturated rings. The molecule has 2 N–H and O–H groups in total. The molecule has 0 saturated heterocycles. The van der Waals surface area contributed by atoms with E-state index in [4.69, 9.17) is 5.11 Å². The summed E-state index contributed by atoms with van der Waals surface area (Å²) < 4.78 is 39.2. The van der Waals surface area contributed by atoms with Crippen molar-refractivity contribution >= 4 is 27.7 Å². The van der Waals surface area contributed by atoms with Crippen LogP contribution in [0.1, 0.15) is 31.2 Å². The van der Waals surface area contributed by atoms with Crippen LogP contribution in [0.25, 0.3) is 0 Å². The van der Waals surface area contributed by atoms with Crippen LogP contribution in [0.2, 0.25) is 0 Å². The van der Waals surface area contributed by atoms with Gasteiger partial charge in [-0.1, -0.05) is 0 Å². The number of pyridine rings is 1. The van der Waals surface area contributed by atoms with Crippen LogP contribution in [-0.4, -0.2) is 22.1 Å². The van der Waals surface area contributed by atoms with Crippen molar-refractivity contribution in [2.45, 2.75) is 37.9 Å². The largest absolute Gasteiger partial charge is 0.481 e. The van der Waals surface area contributed by atoms with E-state index in [-0.39, 0.29) is 16.3 Å². The Kier molecular flexibility index (Phi) is 4.75. The second kappa shape index (κ2) is 6.21. The minimum atomic E-state index is -4.49. The minimum absolute atomic E-state index is 0.185. The van der Waals surface area contributed by atoms with Gasteiger partial charge < -0.3 is 10.4 Å². The first-order valence-corrected chi connectivity index (χ1v) is 7.28. The molecule has 0 atom stereocenters. The third kappa shape index (κ3) is 4.09. The van der Waals surface area contributed by atoms with Crippen LogP contribution in [0.5, 0.6) is 0 Å². The van der Waals surface area contributed by atoms with Crippen LogP contribution in [0.4, 0.5) is 19.0 Å². The molecule has 0 aliphatic heterocycles. The fourth-order valence-electron chi connectivity index (χ4n) is 2.45. The Morgan fingerprint density at radius 3 is 2.48 bits per heavy atom. The molecule has 0 spiro atoms. The molecule has 4 nitrogen and oxygen atoms in total. The predicted molar refractivity (Wildman–Crippen MR) is 73.9 cm³/mol. The summed E-state index contributed by atoms with van der Waals surface area (Å²) in [4.78, 5) is 14.7. The van der Waals surface area contributed by atoms with E-state index in [0.29, 0.717) is 25.7 Å². The van der Waals surface area contributed by atoms with E-state index in [0.717, 1.165) is 6.07 Å². The van der Waals surface area contributed by atoms with Crippen molar-refractivity contribution in [2.24, 2.45) is 5.92 Å². The smallest absolute Gasteiger partial charge is 0.419 e. The maximum atomic E-state index is 13.0. The maximum Gasteiger partial charge on any atom is 0.419 e. The highest BCUT2D eigenvalue weighted by atomic mass is 79.9. The van der Waals surface area contributed by atoms with Crippen molar-refractivity contribution < 1.29 is 23.1 Å². The monoisotopic (exact) mass is 366 g/mol. The number of alkyl halides is 3. The highest BCUT2D eigenvalue weighted by Crippen LogP contribution is 2.36. The molecule has 1 saturated carbocycles. The number of nitrogens with one attached hydrogen (secondary N) is 1. The average molecular weight is 367 g/mol. The SMILES string of the molecule is O=C(O)C1CCC(Nc2ncc(Br)cc2C(F)(F)F)CC1. The summed E-state index contributed by atoms with van der Waals surface area (Å²) in [5.41, 5.74) is -0.822. The van der Waals surface area contributed by atoms with Gasteiger partial charge in [-0.2, -0.15) is 13.2 Å². The first-order chi connectivity index (χ1) is 9.77. The van der Waals surface area contributed by atoms with Gasteiger partial charge in [0, 0.05) is 16.7 Å². The molecular formula is C13H14BrF3N2O2. The summed E-state index contributed by atoms with van der Waals surface area (Å²) in [6, 6.07) is 0.800. The Labute approximate surface area is 127 Å². The second-order valence-corrected chi connectivity index (χ2v) is 5.99. The average Bonchev–Trinajstić information content (AvgIpc) is 2.40. The molecule has 1 heterocycles. The van der Waals surface area contributed by atoms with E-state index in [1.807, 2.05) is 0 Å². The number of rotatable bonds is 3. The van der Waals surface area contributed by atoms with E-state index >= 15 is 0 Å².